The second-order valence-electron chi connectivity index (χ2n) is 3.82. The summed E-state index contributed by atoms with van der Waals surface area (Å²) in [5.41, 5.74) is 0. The molecule has 1 fully saturated rings. The monoisotopic (exact) mass is 276 g/mol. The lowest BCUT2D eigenvalue weighted by molar-refractivity contribution is -0.143. The zero-order valence-electron chi connectivity index (χ0n) is 9.81. The molecule has 3 N–H and O–H groups in total. The third-order valence-electron chi connectivity index (χ3n) is 2.21. The fourth-order valence-corrected chi connectivity index (χ4v) is 2.54. The van der Waals surface area contributed by atoms with Crippen LogP contribution in [0.3, 0.4) is 0 Å². The summed E-state index contributed by atoms with van der Waals surface area (Å²) in [6.45, 7) is -1.01. The van der Waals surface area contributed by atoms with E-state index in [4.69, 9.17) is 5.11 Å². The average molecular weight is 276 g/mol. The van der Waals surface area contributed by atoms with Crippen LogP contribution in [0.4, 0.5) is 4.79 Å². The summed E-state index contributed by atoms with van der Waals surface area (Å²) < 4.78 is 4.55. The molecule has 102 valence electrons. The average Bonchev–Trinajstić information content (AvgIpc) is 2.29. The molecule has 1 aliphatic heterocycles. The molecule has 0 saturated carbocycles. The van der Waals surface area contributed by atoms with E-state index in [1.165, 1.54) is 0 Å². The maximum atomic E-state index is 11.4. The number of hydrogen-bond donors (Lipinski definition) is 3. The van der Waals surface area contributed by atoms with Gasteiger partial charge in [-0.3, -0.25) is 10.1 Å². The molecule has 0 bridgehead atoms. The number of imide groups is 1. The molecule has 0 aromatic heterocycles. The lowest BCUT2D eigenvalue weighted by Crippen LogP contribution is -2.47. The Morgan fingerprint density at radius 2 is 2.11 bits per heavy atom. The molecule has 0 spiro atoms. The van der Waals surface area contributed by atoms with Crippen LogP contribution < -0.4 is 10.6 Å². The van der Waals surface area contributed by atoms with E-state index in [1.807, 2.05) is 0 Å². The van der Waals surface area contributed by atoms with Crippen LogP contribution in [-0.4, -0.2) is 53.8 Å². The van der Waals surface area contributed by atoms with Crippen molar-refractivity contribution >= 4 is 29.7 Å². The van der Waals surface area contributed by atoms with Gasteiger partial charge in [-0.1, -0.05) is 0 Å². The van der Waals surface area contributed by atoms with Gasteiger partial charge >= 0.3 is 12.0 Å². The van der Waals surface area contributed by atoms with Crippen molar-refractivity contribution in [1.82, 2.24) is 10.6 Å². The summed E-state index contributed by atoms with van der Waals surface area (Å²) >= 11 is 1.76. The Morgan fingerprint density at radius 1 is 1.33 bits per heavy atom. The number of carbonyl (C=O) groups excluding carboxylic acids is 2. The zero-order valence-corrected chi connectivity index (χ0v) is 10.6. The number of carboxylic acid groups (broad SMARTS) is 1. The van der Waals surface area contributed by atoms with Gasteiger partial charge in [0.05, 0.1) is 0 Å². The number of amides is 3. The lowest BCUT2D eigenvalue weighted by Gasteiger charge is -2.22. The van der Waals surface area contributed by atoms with Gasteiger partial charge in [-0.15, -0.1) is 0 Å². The fraction of sp³-hybridized carbons (Fsp3) is 0.700. The van der Waals surface area contributed by atoms with Crippen molar-refractivity contribution < 1.29 is 24.2 Å². The van der Waals surface area contributed by atoms with E-state index in [0.29, 0.717) is 0 Å². The van der Waals surface area contributed by atoms with E-state index in [-0.39, 0.29) is 6.04 Å². The predicted molar refractivity (Wildman–Crippen MR) is 65.5 cm³/mol. The predicted octanol–water partition coefficient (Wildman–Crippen LogP) is -0.191. The molecule has 1 atom stereocenters. The maximum absolute atomic E-state index is 11.4. The van der Waals surface area contributed by atoms with Crippen molar-refractivity contribution in [3.63, 3.8) is 0 Å². The van der Waals surface area contributed by atoms with Gasteiger partial charge in [-0.05, 0) is 18.6 Å². The Balaban J connectivity index is 2.14. The van der Waals surface area contributed by atoms with Crippen molar-refractivity contribution in [2.45, 2.75) is 18.9 Å². The van der Waals surface area contributed by atoms with Crippen molar-refractivity contribution in [2.24, 2.45) is 0 Å². The summed E-state index contributed by atoms with van der Waals surface area (Å²) in [4.78, 5) is 32.7. The van der Waals surface area contributed by atoms with Gasteiger partial charge in [0.2, 0.25) is 0 Å². The Labute approximate surface area is 109 Å². The Morgan fingerprint density at radius 3 is 2.72 bits per heavy atom. The topological polar surface area (TPSA) is 105 Å². The number of carbonyl (C=O) groups is 3. The summed E-state index contributed by atoms with van der Waals surface area (Å²) in [7, 11) is 0. The van der Waals surface area contributed by atoms with Gasteiger partial charge in [-0.25, -0.2) is 9.59 Å². The lowest BCUT2D eigenvalue weighted by atomic mass is 10.2. The molecule has 0 aromatic carbocycles. The van der Waals surface area contributed by atoms with E-state index < -0.39 is 31.1 Å². The van der Waals surface area contributed by atoms with Crippen LogP contribution in [0.15, 0.2) is 0 Å². The highest BCUT2D eigenvalue weighted by molar-refractivity contribution is 7.99. The van der Waals surface area contributed by atoms with Crippen LogP contribution in [-0.2, 0) is 14.3 Å². The molecular formula is C10H16N2O5S. The molecule has 1 rings (SSSR count). The SMILES string of the molecule is O=C(O)COCC(=O)NC(=O)NC1CCCSC1. The van der Waals surface area contributed by atoms with Crippen molar-refractivity contribution in [2.75, 3.05) is 24.7 Å². The maximum Gasteiger partial charge on any atom is 0.329 e. The van der Waals surface area contributed by atoms with Crippen LogP contribution in [0.5, 0.6) is 0 Å². The molecule has 7 nitrogen and oxygen atoms in total. The molecule has 1 saturated heterocycles. The highest BCUT2D eigenvalue weighted by atomic mass is 32.2. The van der Waals surface area contributed by atoms with Gasteiger partial charge < -0.3 is 15.2 Å². The summed E-state index contributed by atoms with van der Waals surface area (Å²) in [5, 5.41) is 13.1. The smallest absolute Gasteiger partial charge is 0.329 e. The summed E-state index contributed by atoms with van der Waals surface area (Å²) in [5.74, 6) is 0.127. The molecule has 8 heteroatoms. The molecule has 1 aliphatic rings. The van der Waals surface area contributed by atoms with Crippen LogP contribution in [0, 0.1) is 0 Å². The largest absolute Gasteiger partial charge is 0.480 e. The minimum atomic E-state index is -1.16. The van der Waals surface area contributed by atoms with Crippen LogP contribution in [0.25, 0.3) is 0 Å². The van der Waals surface area contributed by atoms with E-state index in [2.05, 4.69) is 15.4 Å². The molecule has 0 radical (unpaired) electrons. The Bertz CT molecular complexity index is 317. The second kappa shape index (κ2) is 7.93. The Hall–Kier alpha value is -1.28. The van der Waals surface area contributed by atoms with Gasteiger partial charge in [0.25, 0.3) is 5.91 Å². The molecule has 0 aromatic rings. The molecular weight excluding hydrogens is 260 g/mol. The number of nitrogens with one attached hydrogen (secondary N) is 2. The number of rotatable bonds is 5. The number of thioether (sulfide) groups is 1. The van der Waals surface area contributed by atoms with Gasteiger partial charge in [0, 0.05) is 11.8 Å². The first kappa shape index (κ1) is 14.8. The first-order chi connectivity index (χ1) is 8.58. The van der Waals surface area contributed by atoms with Gasteiger partial charge in [0.15, 0.2) is 0 Å². The normalized spacial score (nSPS) is 19.0. The third-order valence-corrected chi connectivity index (χ3v) is 3.42. The first-order valence-corrected chi connectivity index (χ1v) is 6.71. The third kappa shape index (κ3) is 6.45. The summed E-state index contributed by atoms with van der Waals surface area (Å²) in [6.07, 6.45) is 1.95. The quantitative estimate of drug-likeness (QED) is 0.643. The summed E-state index contributed by atoms with van der Waals surface area (Å²) in [6, 6.07) is -0.483. The number of aliphatic carboxylic acids is 1. The van der Waals surface area contributed by atoms with Crippen molar-refractivity contribution in [1.29, 1.82) is 0 Å². The molecule has 3 amide bonds. The van der Waals surface area contributed by atoms with Crippen LogP contribution in [0.1, 0.15) is 12.8 Å². The molecule has 18 heavy (non-hydrogen) atoms. The van der Waals surface area contributed by atoms with Crippen molar-refractivity contribution in [3.8, 4) is 0 Å². The van der Waals surface area contributed by atoms with E-state index in [9.17, 15) is 14.4 Å². The minimum Gasteiger partial charge on any atom is -0.480 e. The van der Waals surface area contributed by atoms with E-state index in [1.54, 1.807) is 11.8 Å². The number of ether oxygens (including phenoxy) is 1. The van der Waals surface area contributed by atoms with Gasteiger partial charge in [0.1, 0.15) is 13.2 Å². The fourth-order valence-electron chi connectivity index (χ4n) is 1.47. The van der Waals surface area contributed by atoms with E-state index >= 15 is 0 Å². The van der Waals surface area contributed by atoms with Crippen molar-refractivity contribution in [3.05, 3.63) is 0 Å². The molecule has 1 heterocycles. The minimum absolute atomic E-state index is 0.0801. The highest BCUT2D eigenvalue weighted by Gasteiger charge is 2.17. The first-order valence-electron chi connectivity index (χ1n) is 5.55. The molecule has 1 unspecified atom stereocenters. The number of carboxylic acids is 1. The van der Waals surface area contributed by atoms with Crippen LogP contribution >= 0.6 is 11.8 Å². The highest BCUT2D eigenvalue weighted by Crippen LogP contribution is 2.16. The number of urea groups is 1. The molecule has 0 aliphatic carbocycles. The van der Waals surface area contributed by atoms with Gasteiger partial charge in [-0.2, -0.15) is 11.8 Å². The van der Waals surface area contributed by atoms with Crippen LogP contribution in [0.2, 0.25) is 0 Å². The number of hydrogen-bond acceptors (Lipinski definition) is 5. The Kier molecular flexibility index (Phi) is 6.51. The standard InChI is InChI=1S/C10H16N2O5S/c13-8(4-17-5-9(14)15)12-10(16)11-7-2-1-3-18-6-7/h7H,1-6H2,(H,14,15)(H2,11,12,13,16). The van der Waals surface area contributed by atoms with E-state index in [0.717, 1.165) is 24.3 Å². The zero-order chi connectivity index (χ0) is 13.4. The second-order valence-corrected chi connectivity index (χ2v) is 4.97.